The molecular weight excluding hydrogens is 441 g/mol. The Morgan fingerprint density at radius 2 is 2.12 bits per heavy atom. The van der Waals surface area contributed by atoms with Crippen LogP contribution in [0.2, 0.25) is 0 Å². The molecule has 0 aliphatic carbocycles. The minimum atomic E-state index is -4.60. The Kier molecular flexibility index (Phi) is 6.11. The van der Waals surface area contributed by atoms with Crippen LogP contribution in [0, 0.1) is 0 Å². The molecule has 2 atom stereocenters. The third-order valence-electron chi connectivity index (χ3n) is 5.61. The molecule has 0 spiro atoms. The Morgan fingerprint density at radius 1 is 1.33 bits per heavy atom. The van der Waals surface area contributed by atoms with E-state index in [-0.39, 0.29) is 24.3 Å². The molecule has 33 heavy (non-hydrogen) atoms. The van der Waals surface area contributed by atoms with Gasteiger partial charge in [-0.1, -0.05) is 6.07 Å². The molecule has 2 aromatic rings. The number of hydrogen-bond acceptors (Lipinski definition) is 7. The van der Waals surface area contributed by atoms with Crippen LogP contribution in [-0.4, -0.2) is 82.1 Å². The number of hydrogen-bond donors (Lipinski definition) is 2. The minimum absolute atomic E-state index is 0.0905. The molecule has 2 aliphatic heterocycles. The first kappa shape index (κ1) is 22.8. The number of pyridine rings is 2. The van der Waals surface area contributed by atoms with Gasteiger partial charge >= 0.3 is 6.18 Å². The Hall–Kier alpha value is -3.41. The molecule has 2 amide bonds. The van der Waals surface area contributed by atoms with Gasteiger partial charge in [-0.25, -0.2) is 9.97 Å². The number of nitrogens with one attached hydrogen (secondary N) is 1. The predicted octanol–water partition coefficient (Wildman–Crippen LogP) is 1.85. The zero-order valence-electron chi connectivity index (χ0n) is 17.8. The molecule has 1 fully saturated rings. The molecule has 4 rings (SSSR count). The Balaban J connectivity index is 1.65. The van der Waals surface area contributed by atoms with Crippen molar-refractivity contribution in [1.29, 1.82) is 0 Å². The smallest absolute Gasteiger partial charge is 0.406 e. The summed E-state index contributed by atoms with van der Waals surface area (Å²) in [6, 6.07) is 6.33. The van der Waals surface area contributed by atoms with Crippen LogP contribution in [0.15, 0.2) is 30.5 Å². The number of amides is 2. The summed E-state index contributed by atoms with van der Waals surface area (Å²) in [6.45, 7) is 0.154. The summed E-state index contributed by atoms with van der Waals surface area (Å²) in [6.07, 6.45) is -2.32. The maximum atomic E-state index is 13.2. The fourth-order valence-electron chi connectivity index (χ4n) is 4.16. The monoisotopic (exact) mass is 464 g/mol. The average Bonchev–Trinajstić information content (AvgIpc) is 3.14. The molecule has 0 aromatic carbocycles. The zero-order valence-corrected chi connectivity index (χ0v) is 17.8. The van der Waals surface area contributed by atoms with Crippen LogP contribution in [0.25, 0.3) is 0 Å². The molecule has 176 valence electrons. The topological polar surface area (TPSA) is 102 Å². The van der Waals surface area contributed by atoms with Gasteiger partial charge in [0.05, 0.1) is 12.6 Å². The molecule has 9 nitrogen and oxygen atoms in total. The van der Waals surface area contributed by atoms with Gasteiger partial charge in [0.2, 0.25) is 5.91 Å². The highest BCUT2D eigenvalue weighted by atomic mass is 19.4. The average molecular weight is 464 g/mol. The maximum absolute atomic E-state index is 13.2. The quantitative estimate of drug-likeness (QED) is 0.696. The SMILES string of the molecule is CN(CC(F)(F)F)C(=O)c1nc2c(cc1O)CN1CC[C@@H](C1)N2C(=O)CNc1ccccn1. The molecule has 1 saturated heterocycles. The number of fused-ring (bicyclic) bond motifs is 3. The van der Waals surface area contributed by atoms with Gasteiger partial charge in [-0.05, 0) is 24.6 Å². The fraction of sp³-hybridized carbons (Fsp3) is 0.429. The largest absolute Gasteiger partial charge is 0.505 e. The number of carbonyl (C=O) groups excluding carboxylic acids is 2. The van der Waals surface area contributed by atoms with E-state index in [0.29, 0.717) is 35.8 Å². The van der Waals surface area contributed by atoms with Crippen molar-refractivity contribution in [2.45, 2.75) is 25.2 Å². The van der Waals surface area contributed by atoms with Crippen LogP contribution in [0.5, 0.6) is 5.75 Å². The Morgan fingerprint density at radius 3 is 2.82 bits per heavy atom. The molecular formula is C21H23F3N6O3. The lowest BCUT2D eigenvalue weighted by Gasteiger charge is -2.29. The van der Waals surface area contributed by atoms with E-state index < -0.39 is 30.1 Å². The van der Waals surface area contributed by atoms with Gasteiger partial charge in [0.25, 0.3) is 5.91 Å². The lowest BCUT2D eigenvalue weighted by molar-refractivity contribution is -0.138. The van der Waals surface area contributed by atoms with E-state index in [4.69, 9.17) is 0 Å². The molecule has 4 heterocycles. The summed E-state index contributed by atoms with van der Waals surface area (Å²) < 4.78 is 38.3. The number of carbonyl (C=O) groups is 2. The van der Waals surface area contributed by atoms with E-state index in [1.807, 2.05) is 0 Å². The van der Waals surface area contributed by atoms with Crippen molar-refractivity contribution in [2.75, 3.05) is 43.4 Å². The van der Waals surface area contributed by atoms with Gasteiger partial charge in [0, 0.05) is 38.4 Å². The normalized spacial score (nSPS) is 19.6. The second kappa shape index (κ2) is 8.85. The van der Waals surface area contributed by atoms with Gasteiger partial charge in [-0.15, -0.1) is 0 Å². The number of anilines is 2. The molecule has 2 aromatic heterocycles. The van der Waals surface area contributed by atoms with Gasteiger partial charge in [-0.3, -0.25) is 19.4 Å². The molecule has 0 saturated carbocycles. The van der Waals surface area contributed by atoms with E-state index >= 15 is 0 Å². The third kappa shape index (κ3) is 5.00. The van der Waals surface area contributed by atoms with Gasteiger partial charge < -0.3 is 15.3 Å². The standard InChI is InChI=1S/C21H23F3N6O3/c1-28(12-21(22,23)24)20(33)18-15(31)8-13-10-29-7-5-14(11-29)30(19(13)27-18)17(32)9-26-16-4-2-3-6-25-16/h2-4,6,8,14,31H,5,7,9-12H2,1H3,(H,25,26)/t14-/m0/s1. The van der Waals surface area contributed by atoms with Crippen LogP contribution < -0.4 is 10.2 Å². The lowest BCUT2D eigenvalue weighted by Crippen LogP contribution is -2.45. The van der Waals surface area contributed by atoms with E-state index in [0.717, 1.165) is 13.6 Å². The van der Waals surface area contributed by atoms with Crippen LogP contribution in [0.1, 0.15) is 22.5 Å². The predicted molar refractivity (Wildman–Crippen MR) is 113 cm³/mol. The van der Waals surface area contributed by atoms with Gasteiger partial charge in [-0.2, -0.15) is 13.2 Å². The summed E-state index contributed by atoms with van der Waals surface area (Å²) in [5.74, 6) is -1.24. The number of rotatable bonds is 5. The highest BCUT2D eigenvalue weighted by Crippen LogP contribution is 2.35. The molecule has 2 N–H and O–H groups in total. The lowest BCUT2D eigenvalue weighted by atomic mass is 10.1. The molecule has 1 unspecified atom stereocenters. The van der Waals surface area contributed by atoms with Crippen molar-refractivity contribution in [3.8, 4) is 5.75 Å². The Bertz CT molecular complexity index is 1050. The molecule has 2 aliphatic rings. The summed E-state index contributed by atoms with van der Waals surface area (Å²) in [5, 5.41) is 13.3. The molecule has 2 bridgehead atoms. The Labute approximate surface area is 187 Å². The van der Waals surface area contributed by atoms with Crippen LogP contribution >= 0.6 is 0 Å². The number of alkyl halides is 3. The van der Waals surface area contributed by atoms with E-state index in [1.54, 1.807) is 24.4 Å². The zero-order chi connectivity index (χ0) is 23.8. The van der Waals surface area contributed by atoms with Crippen molar-refractivity contribution < 1.29 is 27.9 Å². The first-order valence-electron chi connectivity index (χ1n) is 10.4. The number of halogens is 3. The third-order valence-corrected chi connectivity index (χ3v) is 5.61. The van der Waals surface area contributed by atoms with Crippen molar-refractivity contribution in [2.24, 2.45) is 0 Å². The molecule has 12 heteroatoms. The summed E-state index contributed by atoms with van der Waals surface area (Å²) in [4.78, 5) is 38.2. The number of aromatic hydroxyl groups is 1. The van der Waals surface area contributed by atoms with E-state index in [1.165, 1.54) is 11.0 Å². The first-order valence-corrected chi connectivity index (χ1v) is 10.4. The van der Waals surface area contributed by atoms with Crippen LogP contribution in [-0.2, 0) is 11.3 Å². The highest BCUT2D eigenvalue weighted by Gasteiger charge is 2.39. The van der Waals surface area contributed by atoms with Gasteiger partial charge in [0.1, 0.15) is 23.9 Å². The summed E-state index contributed by atoms with van der Waals surface area (Å²) in [7, 11) is 0.982. The second-order valence-corrected chi connectivity index (χ2v) is 8.13. The summed E-state index contributed by atoms with van der Waals surface area (Å²) >= 11 is 0. The van der Waals surface area contributed by atoms with Crippen molar-refractivity contribution in [1.82, 2.24) is 19.8 Å². The minimum Gasteiger partial charge on any atom is -0.505 e. The van der Waals surface area contributed by atoms with Crippen LogP contribution in [0.4, 0.5) is 24.8 Å². The van der Waals surface area contributed by atoms with Crippen molar-refractivity contribution in [3.05, 3.63) is 41.7 Å². The summed E-state index contributed by atoms with van der Waals surface area (Å²) in [5.41, 5.74) is -0.000306. The van der Waals surface area contributed by atoms with Gasteiger partial charge in [0.15, 0.2) is 5.69 Å². The first-order chi connectivity index (χ1) is 15.6. The number of aromatic nitrogens is 2. The van der Waals surface area contributed by atoms with E-state index in [2.05, 4.69) is 20.2 Å². The van der Waals surface area contributed by atoms with E-state index in [9.17, 15) is 27.9 Å². The van der Waals surface area contributed by atoms with Crippen molar-refractivity contribution >= 4 is 23.5 Å². The maximum Gasteiger partial charge on any atom is 0.406 e. The van der Waals surface area contributed by atoms with Crippen LogP contribution in [0.3, 0.4) is 0 Å². The highest BCUT2D eigenvalue weighted by molar-refractivity contribution is 5.99. The molecule has 0 radical (unpaired) electrons. The number of nitrogens with zero attached hydrogens (tertiary/aromatic N) is 5. The van der Waals surface area contributed by atoms with Crippen molar-refractivity contribution in [3.63, 3.8) is 0 Å². The fourth-order valence-corrected chi connectivity index (χ4v) is 4.16. The second-order valence-electron chi connectivity index (χ2n) is 8.13.